The summed E-state index contributed by atoms with van der Waals surface area (Å²) in [6, 6.07) is 8.26. The Balaban J connectivity index is 1.83. The average Bonchev–Trinajstić information content (AvgIpc) is 3.12. The van der Waals surface area contributed by atoms with Crippen molar-refractivity contribution in [1.29, 1.82) is 0 Å². The average molecular weight is 312 g/mol. The summed E-state index contributed by atoms with van der Waals surface area (Å²) < 4.78 is 4.81. The summed E-state index contributed by atoms with van der Waals surface area (Å²) in [5.74, 6) is -0.0268. The lowest BCUT2D eigenvalue weighted by Crippen LogP contribution is -2.48. The highest BCUT2D eigenvalue weighted by Gasteiger charge is 2.50. The van der Waals surface area contributed by atoms with Gasteiger partial charge in [-0.2, -0.15) is 0 Å². The van der Waals surface area contributed by atoms with Crippen LogP contribution in [0.15, 0.2) is 24.3 Å². The molecule has 0 saturated carbocycles. The zero-order chi connectivity index (χ0) is 16.0. The van der Waals surface area contributed by atoms with Gasteiger partial charge in [-0.15, -0.1) is 0 Å². The van der Waals surface area contributed by atoms with E-state index in [0.717, 1.165) is 30.6 Å². The van der Waals surface area contributed by atoms with E-state index in [-0.39, 0.29) is 17.4 Å². The number of hydrogen-bond donors (Lipinski definition) is 1. The Kier molecular flexibility index (Phi) is 3.18. The standard InChI is InChI=1S/C18H20N2O3/c1-23-16(22)7-10-18-9-6-15(21)20(18)11-8-13-12-4-2-3-5-14(12)19-17(13)18/h2-5,19H,6-11H2,1H3. The molecule has 0 bridgehead atoms. The van der Waals surface area contributed by atoms with Crippen molar-refractivity contribution in [3.63, 3.8) is 0 Å². The number of aromatic nitrogens is 1. The number of ether oxygens (including phenoxy) is 1. The molecule has 1 aromatic carbocycles. The van der Waals surface area contributed by atoms with Crippen molar-refractivity contribution in [3.8, 4) is 0 Å². The molecule has 2 aromatic rings. The van der Waals surface area contributed by atoms with E-state index in [0.29, 0.717) is 19.3 Å². The first-order valence-electron chi connectivity index (χ1n) is 8.13. The fourth-order valence-electron chi connectivity index (χ4n) is 4.30. The molecule has 1 N–H and O–H groups in total. The maximum atomic E-state index is 12.3. The molecule has 1 atom stereocenters. The molecule has 1 amide bonds. The second-order valence-corrected chi connectivity index (χ2v) is 6.43. The minimum absolute atomic E-state index is 0.194. The molecule has 23 heavy (non-hydrogen) atoms. The van der Waals surface area contributed by atoms with E-state index in [1.165, 1.54) is 18.1 Å². The second kappa shape index (κ2) is 5.11. The molecule has 1 saturated heterocycles. The van der Waals surface area contributed by atoms with Gasteiger partial charge in [0.1, 0.15) is 0 Å². The monoisotopic (exact) mass is 312 g/mol. The number of carbonyl (C=O) groups is 2. The van der Waals surface area contributed by atoms with E-state index in [2.05, 4.69) is 17.1 Å². The van der Waals surface area contributed by atoms with Crippen molar-refractivity contribution >= 4 is 22.8 Å². The Labute approximate surface area is 134 Å². The van der Waals surface area contributed by atoms with E-state index >= 15 is 0 Å². The van der Waals surface area contributed by atoms with Crippen LogP contribution in [0.1, 0.15) is 36.9 Å². The molecule has 0 radical (unpaired) electrons. The van der Waals surface area contributed by atoms with Gasteiger partial charge in [0.2, 0.25) is 5.91 Å². The number of carbonyl (C=O) groups excluding carboxylic acids is 2. The zero-order valence-electron chi connectivity index (χ0n) is 13.2. The second-order valence-electron chi connectivity index (χ2n) is 6.43. The molecular formula is C18H20N2O3. The normalized spacial score (nSPS) is 23.0. The SMILES string of the molecule is COC(=O)CCC12CCC(=O)N1CCc1c2[nH]c2ccccc12. The summed E-state index contributed by atoms with van der Waals surface area (Å²) >= 11 is 0. The van der Waals surface area contributed by atoms with Crippen molar-refractivity contribution in [3.05, 3.63) is 35.5 Å². The van der Waals surface area contributed by atoms with Crippen LogP contribution in [0.25, 0.3) is 10.9 Å². The summed E-state index contributed by atoms with van der Waals surface area (Å²) in [6.07, 6.45) is 3.13. The molecule has 0 spiro atoms. The zero-order valence-corrected chi connectivity index (χ0v) is 13.2. The quantitative estimate of drug-likeness (QED) is 0.886. The number of aromatic amines is 1. The van der Waals surface area contributed by atoms with Gasteiger partial charge in [-0.25, -0.2) is 0 Å². The number of nitrogens with one attached hydrogen (secondary N) is 1. The maximum Gasteiger partial charge on any atom is 0.305 e. The number of benzene rings is 1. The summed E-state index contributed by atoms with van der Waals surface area (Å²) in [4.78, 5) is 29.5. The number of rotatable bonds is 3. The lowest BCUT2D eigenvalue weighted by atomic mass is 9.81. The van der Waals surface area contributed by atoms with E-state index in [9.17, 15) is 9.59 Å². The van der Waals surface area contributed by atoms with Crippen molar-refractivity contribution in [2.45, 2.75) is 37.6 Å². The molecular weight excluding hydrogens is 292 g/mol. The predicted molar refractivity (Wildman–Crippen MR) is 85.9 cm³/mol. The highest BCUT2D eigenvalue weighted by atomic mass is 16.5. The molecule has 0 aliphatic carbocycles. The van der Waals surface area contributed by atoms with Crippen LogP contribution < -0.4 is 0 Å². The van der Waals surface area contributed by atoms with Crippen LogP contribution >= 0.6 is 0 Å². The molecule has 120 valence electrons. The summed E-state index contributed by atoms with van der Waals surface area (Å²) in [7, 11) is 1.41. The number of fused-ring (bicyclic) bond motifs is 5. The molecule has 2 aliphatic heterocycles. The van der Waals surface area contributed by atoms with Gasteiger partial charge in [-0.1, -0.05) is 18.2 Å². The molecule has 2 aliphatic rings. The van der Waals surface area contributed by atoms with Crippen molar-refractivity contribution < 1.29 is 14.3 Å². The van der Waals surface area contributed by atoms with Gasteiger partial charge in [0.05, 0.1) is 12.6 Å². The largest absolute Gasteiger partial charge is 0.469 e. The minimum atomic E-state index is -0.377. The van der Waals surface area contributed by atoms with Gasteiger partial charge in [0.15, 0.2) is 0 Å². The number of amides is 1. The van der Waals surface area contributed by atoms with Crippen molar-refractivity contribution in [1.82, 2.24) is 9.88 Å². The van der Waals surface area contributed by atoms with Crippen molar-refractivity contribution in [2.75, 3.05) is 13.7 Å². The number of methoxy groups -OCH3 is 1. The minimum Gasteiger partial charge on any atom is -0.469 e. The number of H-pyrrole nitrogens is 1. The molecule has 4 rings (SSSR count). The Morgan fingerprint density at radius 2 is 2.17 bits per heavy atom. The van der Waals surface area contributed by atoms with Crippen LogP contribution in [0.3, 0.4) is 0 Å². The lowest BCUT2D eigenvalue weighted by Gasteiger charge is -2.42. The highest BCUT2D eigenvalue weighted by Crippen LogP contribution is 2.48. The lowest BCUT2D eigenvalue weighted by molar-refractivity contribution is -0.142. The van der Waals surface area contributed by atoms with Gasteiger partial charge in [0, 0.05) is 36.0 Å². The third-order valence-corrected chi connectivity index (χ3v) is 5.40. The number of nitrogens with zero attached hydrogens (tertiary/aromatic N) is 1. The highest BCUT2D eigenvalue weighted by molar-refractivity contribution is 5.88. The molecule has 5 nitrogen and oxygen atoms in total. The van der Waals surface area contributed by atoms with E-state index in [4.69, 9.17) is 4.74 Å². The van der Waals surface area contributed by atoms with Crippen LogP contribution in [-0.2, 0) is 26.3 Å². The third-order valence-electron chi connectivity index (χ3n) is 5.40. The Morgan fingerprint density at radius 3 is 3.00 bits per heavy atom. The number of para-hydroxylation sites is 1. The predicted octanol–water partition coefficient (Wildman–Crippen LogP) is 2.49. The van der Waals surface area contributed by atoms with Crippen LogP contribution in [0, 0.1) is 0 Å². The van der Waals surface area contributed by atoms with E-state index < -0.39 is 0 Å². The van der Waals surface area contributed by atoms with Gasteiger partial charge in [-0.05, 0) is 30.9 Å². The van der Waals surface area contributed by atoms with Crippen LogP contribution in [0.4, 0.5) is 0 Å². The van der Waals surface area contributed by atoms with Crippen LogP contribution in [-0.4, -0.2) is 35.4 Å². The first-order chi connectivity index (χ1) is 11.2. The smallest absolute Gasteiger partial charge is 0.305 e. The Bertz CT molecular complexity index is 795. The van der Waals surface area contributed by atoms with Gasteiger partial charge in [-0.3, -0.25) is 9.59 Å². The third kappa shape index (κ3) is 1.99. The molecule has 3 heterocycles. The molecule has 1 fully saturated rings. The Hall–Kier alpha value is -2.30. The van der Waals surface area contributed by atoms with Gasteiger partial charge >= 0.3 is 5.97 Å². The Morgan fingerprint density at radius 1 is 1.35 bits per heavy atom. The van der Waals surface area contributed by atoms with Crippen LogP contribution in [0.2, 0.25) is 0 Å². The van der Waals surface area contributed by atoms with Gasteiger partial charge in [0.25, 0.3) is 0 Å². The molecule has 5 heteroatoms. The fourth-order valence-corrected chi connectivity index (χ4v) is 4.30. The van der Waals surface area contributed by atoms with Crippen LogP contribution in [0.5, 0.6) is 0 Å². The topological polar surface area (TPSA) is 62.4 Å². The first-order valence-corrected chi connectivity index (χ1v) is 8.13. The summed E-state index contributed by atoms with van der Waals surface area (Å²) in [5, 5.41) is 1.24. The summed E-state index contributed by atoms with van der Waals surface area (Å²) in [5.41, 5.74) is 3.16. The van der Waals surface area contributed by atoms with E-state index in [1.807, 2.05) is 17.0 Å². The molecule has 1 aromatic heterocycles. The number of esters is 1. The van der Waals surface area contributed by atoms with E-state index in [1.54, 1.807) is 0 Å². The fraction of sp³-hybridized carbons (Fsp3) is 0.444. The maximum absolute atomic E-state index is 12.3. The number of hydrogen-bond acceptors (Lipinski definition) is 3. The van der Waals surface area contributed by atoms with Gasteiger partial charge < -0.3 is 14.6 Å². The first kappa shape index (κ1) is 14.3. The summed E-state index contributed by atoms with van der Waals surface area (Å²) in [6.45, 7) is 0.731. The van der Waals surface area contributed by atoms with Crippen molar-refractivity contribution in [2.24, 2.45) is 0 Å². The molecule has 1 unspecified atom stereocenters.